The first-order chi connectivity index (χ1) is 15.7. The van der Waals surface area contributed by atoms with Crippen molar-refractivity contribution in [1.82, 2.24) is 10.7 Å². The second-order valence-electron chi connectivity index (χ2n) is 7.49. The predicted molar refractivity (Wildman–Crippen MR) is 140 cm³/mol. The number of hydrogen-bond donors (Lipinski definition) is 2. The van der Waals surface area contributed by atoms with Gasteiger partial charge >= 0.3 is 0 Å². The first-order valence-electron chi connectivity index (χ1n) is 10.7. The molecule has 0 aliphatic carbocycles. The SMILES string of the molecule is CCN(CC)c1ccc(CNC(=O)CC(C)=NNC(=O)COc2cc(C)c(Br)cc2Br)cc1. The summed E-state index contributed by atoms with van der Waals surface area (Å²) >= 11 is 6.85. The first-order valence-corrected chi connectivity index (χ1v) is 12.3. The van der Waals surface area contributed by atoms with Crippen LogP contribution in [0.1, 0.15) is 38.3 Å². The second kappa shape index (κ2) is 13.3. The molecule has 0 spiro atoms. The molecule has 0 aliphatic heterocycles. The summed E-state index contributed by atoms with van der Waals surface area (Å²) in [6.45, 7) is 10.0. The molecule has 0 saturated carbocycles. The van der Waals surface area contributed by atoms with Gasteiger partial charge in [-0.3, -0.25) is 9.59 Å². The van der Waals surface area contributed by atoms with E-state index < -0.39 is 5.91 Å². The lowest BCUT2D eigenvalue weighted by atomic mass is 10.2. The van der Waals surface area contributed by atoms with Gasteiger partial charge in [0.15, 0.2) is 6.61 Å². The van der Waals surface area contributed by atoms with E-state index in [9.17, 15) is 9.59 Å². The number of hydrogen-bond acceptors (Lipinski definition) is 5. The molecule has 0 atom stereocenters. The topological polar surface area (TPSA) is 83.0 Å². The molecule has 0 bridgehead atoms. The van der Waals surface area contributed by atoms with Crippen molar-refractivity contribution in [2.24, 2.45) is 5.10 Å². The quantitative estimate of drug-likeness (QED) is 0.291. The third kappa shape index (κ3) is 8.81. The predicted octanol–water partition coefficient (Wildman–Crippen LogP) is 4.94. The van der Waals surface area contributed by atoms with Crippen molar-refractivity contribution in [3.05, 3.63) is 56.5 Å². The number of nitrogens with one attached hydrogen (secondary N) is 2. The highest BCUT2D eigenvalue weighted by Crippen LogP contribution is 2.31. The minimum Gasteiger partial charge on any atom is -0.483 e. The van der Waals surface area contributed by atoms with E-state index in [2.05, 4.69) is 78.6 Å². The van der Waals surface area contributed by atoms with Crippen molar-refractivity contribution in [3.63, 3.8) is 0 Å². The number of anilines is 1. The Morgan fingerprint density at radius 3 is 2.33 bits per heavy atom. The first kappa shape index (κ1) is 26.9. The van der Waals surface area contributed by atoms with Gasteiger partial charge in [0.2, 0.25) is 5.91 Å². The van der Waals surface area contributed by atoms with Crippen LogP contribution in [0.25, 0.3) is 0 Å². The van der Waals surface area contributed by atoms with Crippen LogP contribution < -0.4 is 20.4 Å². The van der Waals surface area contributed by atoms with Crippen molar-refractivity contribution < 1.29 is 14.3 Å². The van der Waals surface area contributed by atoms with Crippen molar-refractivity contribution in [2.75, 3.05) is 24.6 Å². The Morgan fingerprint density at radius 1 is 1.03 bits per heavy atom. The molecule has 0 aromatic heterocycles. The third-order valence-electron chi connectivity index (χ3n) is 4.91. The Morgan fingerprint density at radius 2 is 1.70 bits per heavy atom. The number of ether oxygens (including phenoxy) is 1. The van der Waals surface area contributed by atoms with Crippen molar-refractivity contribution in [2.45, 2.75) is 40.7 Å². The fraction of sp³-hybridized carbons (Fsp3) is 0.375. The molecule has 0 fully saturated rings. The summed E-state index contributed by atoms with van der Waals surface area (Å²) in [6, 6.07) is 11.8. The molecule has 0 saturated heterocycles. The maximum atomic E-state index is 12.2. The Kier molecular flexibility index (Phi) is 10.9. The molecular weight excluding hydrogens is 552 g/mol. The number of rotatable bonds is 11. The average molecular weight is 582 g/mol. The van der Waals surface area contributed by atoms with Crippen LogP contribution in [0.5, 0.6) is 5.75 Å². The molecule has 2 aromatic carbocycles. The molecule has 0 radical (unpaired) electrons. The van der Waals surface area contributed by atoms with E-state index in [4.69, 9.17) is 4.74 Å². The van der Waals surface area contributed by atoms with E-state index >= 15 is 0 Å². The summed E-state index contributed by atoms with van der Waals surface area (Å²) in [5.74, 6) is -0.00424. The number of carbonyl (C=O) groups is 2. The Hall–Kier alpha value is -2.39. The van der Waals surface area contributed by atoms with Crippen molar-refractivity contribution in [3.8, 4) is 5.75 Å². The smallest absolute Gasteiger partial charge is 0.277 e. The van der Waals surface area contributed by atoms with Crippen LogP contribution in [-0.4, -0.2) is 37.2 Å². The molecule has 2 aromatic rings. The van der Waals surface area contributed by atoms with E-state index in [-0.39, 0.29) is 18.9 Å². The molecule has 178 valence electrons. The van der Waals surface area contributed by atoms with Crippen LogP contribution in [0.15, 0.2) is 50.4 Å². The van der Waals surface area contributed by atoms with Crippen molar-refractivity contribution in [1.29, 1.82) is 0 Å². The van der Waals surface area contributed by atoms with E-state index in [0.717, 1.165) is 33.2 Å². The van der Waals surface area contributed by atoms with Crippen molar-refractivity contribution >= 4 is 55.1 Å². The lowest BCUT2D eigenvalue weighted by molar-refractivity contribution is -0.123. The van der Waals surface area contributed by atoms with Gasteiger partial charge in [-0.1, -0.05) is 28.1 Å². The Balaban J connectivity index is 1.75. The average Bonchev–Trinajstić information content (AvgIpc) is 2.79. The van der Waals surface area contributed by atoms with Gasteiger partial charge in [-0.05, 0) is 79.0 Å². The Bertz CT molecular complexity index is 990. The summed E-state index contributed by atoms with van der Waals surface area (Å²) < 4.78 is 7.23. The summed E-state index contributed by atoms with van der Waals surface area (Å²) in [5, 5.41) is 6.86. The minimum absolute atomic E-state index is 0.0934. The van der Waals surface area contributed by atoms with Gasteiger partial charge in [0.1, 0.15) is 5.75 Å². The molecule has 2 rings (SSSR count). The zero-order valence-electron chi connectivity index (χ0n) is 19.4. The normalized spacial score (nSPS) is 11.2. The fourth-order valence-electron chi connectivity index (χ4n) is 3.02. The maximum absolute atomic E-state index is 12.2. The van der Waals surface area contributed by atoms with Crippen LogP contribution in [0, 0.1) is 6.92 Å². The second-order valence-corrected chi connectivity index (χ2v) is 9.20. The highest BCUT2D eigenvalue weighted by molar-refractivity contribution is 9.11. The highest BCUT2D eigenvalue weighted by Gasteiger charge is 2.09. The van der Waals surface area contributed by atoms with E-state index in [0.29, 0.717) is 18.0 Å². The minimum atomic E-state index is -0.407. The largest absolute Gasteiger partial charge is 0.483 e. The molecule has 0 heterocycles. The number of amides is 2. The third-order valence-corrected chi connectivity index (χ3v) is 6.39. The maximum Gasteiger partial charge on any atom is 0.277 e. The van der Waals surface area contributed by atoms with E-state index in [1.165, 1.54) is 5.69 Å². The summed E-state index contributed by atoms with van der Waals surface area (Å²) in [5.41, 5.74) is 6.10. The van der Waals surface area contributed by atoms with Crippen LogP contribution in [0.2, 0.25) is 0 Å². The highest BCUT2D eigenvalue weighted by atomic mass is 79.9. The molecule has 33 heavy (non-hydrogen) atoms. The van der Waals surface area contributed by atoms with Gasteiger partial charge in [-0.25, -0.2) is 5.43 Å². The zero-order chi connectivity index (χ0) is 24.4. The molecule has 0 aliphatic rings. The van der Waals surface area contributed by atoms with Gasteiger partial charge in [0, 0.05) is 35.5 Å². The number of benzene rings is 2. The summed E-state index contributed by atoms with van der Waals surface area (Å²) in [4.78, 5) is 26.5. The molecule has 9 heteroatoms. The Labute approximate surface area is 212 Å². The van der Waals surface area contributed by atoms with Gasteiger partial charge in [-0.15, -0.1) is 0 Å². The van der Waals surface area contributed by atoms with Crippen LogP contribution in [0.4, 0.5) is 5.69 Å². The van der Waals surface area contributed by atoms with Gasteiger partial charge in [0.05, 0.1) is 10.9 Å². The van der Waals surface area contributed by atoms with Gasteiger partial charge in [0.25, 0.3) is 5.91 Å². The van der Waals surface area contributed by atoms with E-state index in [1.54, 1.807) is 6.92 Å². The lowest BCUT2D eigenvalue weighted by Crippen LogP contribution is -2.28. The number of carbonyl (C=O) groups excluding carboxylic acids is 2. The van der Waals surface area contributed by atoms with Gasteiger partial charge in [-0.2, -0.15) is 5.10 Å². The molecule has 2 amide bonds. The monoisotopic (exact) mass is 580 g/mol. The summed E-state index contributed by atoms with van der Waals surface area (Å²) in [7, 11) is 0. The summed E-state index contributed by atoms with van der Waals surface area (Å²) in [6.07, 6.45) is 0.0934. The lowest BCUT2D eigenvalue weighted by Gasteiger charge is -2.21. The molecular formula is C24H30Br2N4O3. The fourth-order valence-corrected chi connectivity index (χ4v) is 4.13. The van der Waals surface area contributed by atoms with Crippen LogP contribution in [0.3, 0.4) is 0 Å². The van der Waals surface area contributed by atoms with Gasteiger partial charge < -0.3 is 15.0 Å². The van der Waals surface area contributed by atoms with E-state index in [1.807, 2.05) is 31.2 Å². The number of halogens is 2. The van der Waals surface area contributed by atoms with Crippen LogP contribution >= 0.6 is 31.9 Å². The number of hydrazone groups is 1. The molecule has 0 unspecified atom stereocenters. The number of aryl methyl sites for hydroxylation is 1. The standard InChI is InChI=1S/C24H30Br2N4O3/c1-5-30(6-2)19-9-7-18(8-10-19)14-27-23(31)12-17(4)28-29-24(32)15-33-22-11-16(3)20(25)13-21(22)26/h7-11,13H,5-6,12,14-15H2,1-4H3,(H,27,31)(H,29,32). The zero-order valence-corrected chi connectivity index (χ0v) is 22.5. The number of nitrogens with zero attached hydrogens (tertiary/aromatic N) is 2. The molecule has 7 nitrogen and oxygen atoms in total. The van der Waals surface area contributed by atoms with Crippen LogP contribution in [-0.2, 0) is 16.1 Å². The molecule has 2 N–H and O–H groups in total.